The molecule has 2 amide bonds. The van der Waals surface area contributed by atoms with Crippen molar-refractivity contribution in [2.75, 3.05) is 17.2 Å². The predicted octanol–water partition coefficient (Wildman–Crippen LogP) is 2.28. The van der Waals surface area contributed by atoms with E-state index in [1.165, 1.54) is 0 Å². The van der Waals surface area contributed by atoms with Crippen molar-refractivity contribution in [3.8, 4) is 0 Å². The van der Waals surface area contributed by atoms with Crippen LogP contribution < -0.4 is 16.0 Å². The van der Waals surface area contributed by atoms with Gasteiger partial charge in [0.2, 0.25) is 11.8 Å². The lowest BCUT2D eigenvalue weighted by molar-refractivity contribution is -0.117. The van der Waals surface area contributed by atoms with Crippen molar-refractivity contribution in [3.05, 3.63) is 36.4 Å². The van der Waals surface area contributed by atoms with Gasteiger partial charge in [0.1, 0.15) is 6.04 Å². The number of nitrogens with one attached hydrogen (secondary N) is 3. The number of hydrogen-bond acceptors (Lipinski definition) is 3. The molecule has 112 valence electrons. The summed E-state index contributed by atoms with van der Waals surface area (Å²) in [4.78, 5) is 23.5. The minimum absolute atomic E-state index is 0.0222. The van der Waals surface area contributed by atoms with Gasteiger partial charge in [0, 0.05) is 24.3 Å². The zero-order valence-corrected chi connectivity index (χ0v) is 12.2. The fourth-order valence-electron chi connectivity index (χ4n) is 2.06. The van der Waals surface area contributed by atoms with Crippen molar-refractivity contribution in [2.45, 2.75) is 32.2 Å². The average molecular weight is 287 g/mol. The maximum atomic E-state index is 11.9. The first kappa shape index (κ1) is 15.3. The second kappa shape index (κ2) is 7.59. The van der Waals surface area contributed by atoms with Crippen LogP contribution in [0.4, 0.5) is 11.4 Å². The minimum atomic E-state index is -0.265. The van der Waals surface area contributed by atoms with Gasteiger partial charge in [-0.05, 0) is 30.7 Å². The molecule has 0 saturated heterocycles. The maximum Gasteiger partial charge on any atom is 0.245 e. The van der Waals surface area contributed by atoms with Crippen molar-refractivity contribution < 1.29 is 9.59 Å². The van der Waals surface area contributed by atoms with Crippen molar-refractivity contribution in [3.63, 3.8) is 0 Å². The van der Waals surface area contributed by atoms with Gasteiger partial charge < -0.3 is 10.6 Å². The Morgan fingerprint density at radius 3 is 2.43 bits per heavy atom. The normalized spacial score (nSPS) is 16.7. The summed E-state index contributed by atoms with van der Waals surface area (Å²) in [7, 11) is 0. The summed E-state index contributed by atoms with van der Waals surface area (Å²) in [5.41, 5.74) is 1.46. The summed E-state index contributed by atoms with van der Waals surface area (Å²) >= 11 is 0. The molecule has 1 heterocycles. The number of anilines is 2. The Morgan fingerprint density at radius 2 is 1.86 bits per heavy atom. The predicted molar refractivity (Wildman–Crippen MR) is 84.2 cm³/mol. The van der Waals surface area contributed by atoms with E-state index in [-0.39, 0.29) is 17.9 Å². The average Bonchev–Trinajstić information content (AvgIpc) is 3.01. The van der Waals surface area contributed by atoms with Crippen LogP contribution in [0.5, 0.6) is 0 Å². The fourth-order valence-corrected chi connectivity index (χ4v) is 2.06. The van der Waals surface area contributed by atoms with Crippen LogP contribution in [0.25, 0.3) is 0 Å². The Balaban J connectivity index is 1.85. The first-order valence-corrected chi connectivity index (χ1v) is 7.30. The summed E-state index contributed by atoms with van der Waals surface area (Å²) in [6, 6.07) is 6.88. The van der Waals surface area contributed by atoms with E-state index in [4.69, 9.17) is 0 Å². The van der Waals surface area contributed by atoms with E-state index in [1.807, 2.05) is 12.2 Å². The molecule has 0 saturated carbocycles. The number of benzene rings is 1. The summed E-state index contributed by atoms with van der Waals surface area (Å²) < 4.78 is 0. The quantitative estimate of drug-likeness (QED) is 0.703. The van der Waals surface area contributed by atoms with Crippen LogP contribution in [0.3, 0.4) is 0 Å². The van der Waals surface area contributed by atoms with Gasteiger partial charge in [-0.15, -0.1) is 0 Å². The van der Waals surface area contributed by atoms with E-state index in [0.29, 0.717) is 12.1 Å². The molecular formula is C16H21N3O2. The van der Waals surface area contributed by atoms with Gasteiger partial charge >= 0.3 is 0 Å². The molecule has 1 unspecified atom stereocenters. The Hall–Kier alpha value is -2.14. The van der Waals surface area contributed by atoms with Crippen LogP contribution in [-0.4, -0.2) is 24.4 Å². The maximum absolute atomic E-state index is 11.9. The molecular weight excluding hydrogens is 266 g/mol. The molecule has 0 radical (unpaired) electrons. The molecule has 1 aromatic carbocycles. The molecule has 5 nitrogen and oxygen atoms in total. The number of unbranched alkanes of at least 4 members (excludes halogenated alkanes) is 1. The van der Waals surface area contributed by atoms with Gasteiger partial charge in [0.15, 0.2) is 0 Å². The van der Waals surface area contributed by atoms with Gasteiger partial charge in [-0.25, -0.2) is 0 Å². The second-order valence-electron chi connectivity index (χ2n) is 5.03. The molecule has 1 aliphatic rings. The van der Waals surface area contributed by atoms with E-state index >= 15 is 0 Å². The summed E-state index contributed by atoms with van der Waals surface area (Å²) in [6.07, 6.45) is 6.20. The Kier molecular flexibility index (Phi) is 5.51. The molecule has 1 aliphatic heterocycles. The number of hydrogen-bond donors (Lipinski definition) is 3. The lowest BCUT2D eigenvalue weighted by Crippen LogP contribution is -2.35. The molecule has 2 rings (SSSR count). The number of carbonyl (C=O) groups excluding carboxylic acids is 2. The standard InChI is InChI=1S/C16H21N3O2/c1-2-3-6-15(20)18-12-7-9-13(10-8-12)19-16(21)14-5-4-11-17-14/h4-5,7-10,14,17H,2-3,6,11H2,1H3,(H,18,20)(H,19,21). The number of amides is 2. The summed E-state index contributed by atoms with van der Waals surface area (Å²) in [5, 5.41) is 8.72. The highest BCUT2D eigenvalue weighted by molar-refractivity contribution is 5.97. The third kappa shape index (κ3) is 4.72. The summed E-state index contributed by atoms with van der Waals surface area (Å²) in [6.45, 7) is 2.78. The highest BCUT2D eigenvalue weighted by Crippen LogP contribution is 2.14. The first-order valence-electron chi connectivity index (χ1n) is 7.30. The van der Waals surface area contributed by atoms with Crippen LogP contribution in [-0.2, 0) is 9.59 Å². The number of carbonyl (C=O) groups is 2. The van der Waals surface area contributed by atoms with Crippen molar-refractivity contribution >= 4 is 23.2 Å². The van der Waals surface area contributed by atoms with Gasteiger partial charge in [0.05, 0.1) is 0 Å². The molecule has 0 fully saturated rings. The lowest BCUT2D eigenvalue weighted by atomic mass is 10.2. The zero-order chi connectivity index (χ0) is 15.1. The van der Waals surface area contributed by atoms with E-state index < -0.39 is 0 Å². The molecule has 0 aromatic heterocycles. The number of rotatable bonds is 6. The monoisotopic (exact) mass is 287 g/mol. The lowest BCUT2D eigenvalue weighted by Gasteiger charge is -2.11. The first-order chi connectivity index (χ1) is 10.2. The Bertz CT molecular complexity index is 523. The largest absolute Gasteiger partial charge is 0.326 e. The Morgan fingerprint density at radius 1 is 1.19 bits per heavy atom. The highest BCUT2D eigenvalue weighted by Gasteiger charge is 2.17. The van der Waals surface area contributed by atoms with Crippen LogP contribution >= 0.6 is 0 Å². The Labute approximate surface area is 124 Å². The zero-order valence-electron chi connectivity index (χ0n) is 12.2. The molecule has 5 heteroatoms. The van der Waals surface area contributed by atoms with E-state index in [0.717, 1.165) is 25.1 Å². The molecule has 21 heavy (non-hydrogen) atoms. The van der Waals surface area contributed by atoms with E-state index in [9.17, 15) is 9.59 Å². The van der Waals surface area contributed by atoms with Gasteiger partial charge in [-0.1, -0.05) is 25.5 Å². The fraction of sp³-hybridized carbons (Fsp3) is 0.375. The molecule has 3 N–H and O–H groups in total. The molecule has 1 atom stereocenters. The highest BCUT2D eigenvalue weighted by atomic mass is 16.2. The van der Waals surface area contributed by atoms with Crippen molar-refractivity contribution in [1.29, 1.82) is 0 Å². The van der Waals surface area contributed by atoms with E-state index in [1.54, 1.807) is 24.3 Å². The SMILES string of the molecule is CCCCC(=O)Nc1ccc(NC(=O)C2C=CCN2)cc1. The van der Waals surface area contributed by atoms with Gasteiger partial charge in [-0.2, -0.15) is 0 Å². The van der Waals surface area contributed by atoms with Gasteiger partial charge in [0.25, 0.3) is 0 Å². The van der Waals surface area contributed by atoms with Crippen LogP contribution in [0.1, 0.15) is 26.2 Å². The van der Waals surface area contributed by atoms with E-state index in [2.05, 4.69) is 22.9 Å². The summed E-state index contributed by atoms with van der Waals surface area (Å²) in [5.74, 6) is -0.0580. The topological polar surface area (TPSA) is 70.2 Å². The molecule has 0 aliphatic carbocycles. The van der Waals surface area contributed by atoms with Crippen LogP contribution in [0.15, 0.2) is 36.4 Å². The third-order valence-corrected chi connectivity index (χ3v) is 3.26. The van der Waals surface area contributed by atoms with Crippen molar-refractivity contribution in [2.24, 2.45) is 0 Å². The molecule has 0 spiro atoms. The van der Waals surface area contributed by atoms with Gasteiger partial charge in [-0.3, -0.25) is 14.9 Å². The molecule has 1 aromatic rings. The van der Waals surface area contributed by atoms with Crippen LogP contribution in [0, 0.1) is 0 Å². The minimum Gasteiger partial charge on any atom is -0.326 e. The smallest absolute Gasteiger partial charge is 0.245 e. The van der Waals surface area contributed by atoms with Crippen molar-refractivity contribution in [1.82, 2.24) is 5.32 Å². The van der Waals surface area contributed by atoms with Crippen LogP contribution in [0.2, 0.25) is 0 Å². The second-order valence-corrected chi connectivity index (χ2v) is 5.03. The third-order valence-electron chi connectivity index (χ3n) is 3.26. The molecule has 0 bridgehead atoms.